The normalized spacial score (nSPS) is 11.4. The molecular formula is C36H24. The Morgan fingerprint density at radius 2 is 0.944 bits per heavy atom. The summed E-state index contributed by atoms with van der Waals surface area (Å²) in [6.07, 6.45) is 1.95. The minimum absolute atomic E-state index is 1.16. The van der Waals surface area contributed by atoms with E-state index in [-0.39, 0.29) is 0 Å². The van der Waals surface area contributed by atoms with Crippen molar-refractivity contribution in [3.63, 3.8) is 0 Å². The summed E-state index contributed by atoms with van der Waals surface area (Å²) in [5.74, 6) is 0. The minimum Gasteiger partial charge on any atom is -0.0984 e. The van der Waals surface area contributed by atoms with E-state index in [1.54, 1.807) is 0 Å². The number of benzene rings is 7. The molecule has 7 aromatic rings. The zero-order valence-corrected chi connectivity index (χ0v) is 19.9. The molecule has 0 N–H and O–H groups in total. The summed E-state index contributed by atoms with van der Waals surface area (Å²) in [5, 5.41) is 10.1. The Kier molecular flexibility index (Phi) is 4.72. The molecule has 0 atom stereocenters. The van der Waals surface area contributed by atoms with Gasteiger partial charge in [0.1, 0.15) is 0 Å². The summed E-state index contributed by atoms with van der Waals surface area (Å²) >= 11 is 0. The lowest BCUT2D eigenvalue weighted by atomic mass is 9.84. The second kappa shape index (κ2) is 8.22. The van der Waals surface area contributed by atoms with Crippen LogP contribution in [0, 0.1) is 0 Å². The van der Waals surface area contributed by atoms with E-state index in [0.717, 1.165) is 5.56 Å². The molecule has 0 saturated heterocycles. The van der Waals surface area contributed by atoms with Gasteiger partial charge >= 0.3 is 0 Å². The Labute approximate surface area is 210 Å². The van der Waals surface area contributed by atoms with Crippen molar-refractivity contribution in [1.82, 2.24) is 0 Å². The highest BCUT2D eigenvalue weighted by Gasteiger charge is 2.18. The van der Waals surface area contributed by atoms with Gasteiger partial charge in [0.15, 0.2) is 0 Å². The van der Waals surface area contributed by atoms with Gasteiger partial charge in [-0.2, -0.15) is 0 Å². The predicted octanol–water partition coefficient (Wildman–Crippen LogP) is 10.3. The maximum Gasteiger partial charge on any atom is -0.00201 e. The summed E-state index contributed by atoms with van der Waals surface area (Å²) in [5.41, 5.74) is 6.25. The van der Waals surface area contributed by atoms with Crippen LogP contribution in [-0.4, -0.2) is 0 Å². The SMILES string of the molecule is C=Cc1ccc(-c2c3ccccc3c(-c3ccc4ccccc4c3)c3ccccc23)c2ccccc12. The van der Waals surface area contributed by atoms with Gasteiger partial charge in [0.25, 0.3) is 0 Å². The predicted molar refractivity (Wildman–Crippen MR) is 157 cm³/mol. The number of rotatable bonds is 3. The summed E-state index contributed by atoms with van der Waals surface area (Å²) in [6, 6.07) is 46.3. The van der Waals surface area contributed by atoms with Crippen LogP contribution in [0.15, 0.2) is 134 Å². The van der Waals surface area contributed by atoms with E-state index in [4.69, 9.17) is 0 Å². The van der Waals surface area contributed by atoms with Crippen LogP contribution in [-0.2, 0) is 0 Å². The Morgan fingerprint density at radius 3 is 1.58 bits per heavy atom. The largest absolute Gasteiger partial charge is 0.0984 e. The van der Waals surface area contributed by atoms with Crippen LogP contribution in [0.2, 0.25) is 0 Å². The molecular weight excluding hydrogens is 432 g/mol. The fourth-order valence-electron chi connectivity index (χ4n) is 5.79. The van der Waals surface area contributed by atoms with E-state index >= 15 is 0 Å². The van der Waals surface area contributed by atoms with Crippen LogP contribution in [0.4, 0.5) is 0 Å². The fourth-order valence-corrected chi connectivity index (χ4v) is 5.79. The second-order valence-corrected chi connectivity index (χ2v) is 9.36. The van der Waals surface area contributed by atoms with Crippen molar-refractivity contribution in [1.29, 1.82) is 0 Å². The van der Waals surface area contributed by atoms with Gasteiger partial charge in [-0.05, 0) is 77.0 Å². The van der Waals surface area contributed by atoms with Gasteiger partial charge in [0.2, 0.25) is 0 Å². The molecule has 168 valence electrons. The summed E-state index contributed by atoms with van der Waals surface area (Å²) in [6.45, 7) is 4.05. The van der Waals surface area contributed by atoms with Crippen LogP contribution in [0.5, 0.6) is 0 Å². The molecule has 0 saturated carbocycles. The van der Waals surface area contributed by atoms with Gasteiger partial charge in [0.05, 0.1) is 0 Å². The Morgan fingerprint density at radius 1 is 0.417 bits per heavy atom. The first-order chi connectivity index (χ1) is 17.8. The first-order valence-corrected chi connectivity index (χ1v) is 12.4. The lowest BCUT2D eigenvalue weighted by Crippen LogP contribution is -1.92. The van der Waals surface area contributed by atoms with E-state index in [1.165, 1.54) is 65.3 Å². The third kappa shape index (κ3) is 3.08. The molecule has 0 spiro atoms. The van der Waals surface area contributed by atoms with Gasteiger partial charge in [-0.1, -0.05) is 134 Å². The fraction of sp³-hybridized carbons (Fsp3) is 0. The smallest absolute Gasteiger partial charge is 0.00201 e. The molecule has 0 unspecified atom stereocenters. The van der Waals surface area contributed by atoms with Crippen LogP contribution in [0.1, 0.15) is 5.56 Å². The quantitative estimate of drug-likeness (QED) is 0.232. The summed E-state index contributed by atoms with van der Waals surface area (Å²) < 4.78 is 0. The van der Waals surface area contributed by atoms with Crippen LogP contribution in [0.25, 0.3) is 71.4 Å². The topological polar surface area (TPSA) is 0 Å². The van der Waals surface area contributed by atoms with E-state index in [2.05, 4.69) is 134 Å². The molecule has 0 fully saturated rings. The first-order valence-electron chi connectivity index (χ1n) is 12.4. The van der Waals surface area contributed by atoms with Crippen molar-refractivity contribution in [2.24, 2.45) is 0 Å². The van der Waals surface area contributed by atoms with Gasteiger partial charge < -0.3 is 0 Å². The van der Waals surface area contributed by atoms with Crippen LogP contribution in [0.3, 0.4) is 0 Å². The zero-order valence-electron chi connectivity index (χ0n) is 19.9. The monoisotopic (exact) mass is 456 g/mol. The van der Waals surface area contributed by atoms with Gasteiger partial charge in [-0.3, -0.25) is 0 Å². The summed E-state index contributed by atoms with van der Waals surface area (Å²) in [7, 11) is 0. The average molecular weight is 457 g/mol. The molecule has 0 aromatic heterocycles. The van der Waals surface area contributed by atoms with Gasteiger partial charge in [-0.25, -0.2) is 0 Å². The minimum atomic E-state index is 1.16. The second-order valence-electron chi connectivity index (χ2n) is 9.36. The van der Waals surface area contributed by atoms with Crippen molar-refractivity contribution < 1.29 is 0 Å². The Bertz CT molecular complexity index is 1900. The number of hydrogen-bond acceptors (Lipinski definition) is 0. The third-order valence-corrected chi connectivity index (χ3v) is 7.42. The van der Waals surface area contributed by atoms with Crippen molar-refractivity contribution >= 4 is 49.2 Å². The average Bonchev–Trinajstić information content (AvgIpc) is 2.95. The maximum absolute atomic E-state index is 4.05. The van der Waals surface area contributed by atoms with Crippen molar-refractivity contribution in [2.45, 2.75) is 0 Å². The van der Waals surface area contributed by atoms with Crippen molar-refractivity contribution in [3.8, 4) is 22.3 Å². The highest BCUT2D eigenvalue weighted by atomic mass is 14.2. The molecule has 0 heteroatoms. The van der Waals surface area contributed by atoms with Crippen LogP contribution < -0.4 is 0 Å². The van der Waals surface area contributed by atoms with Gasteiger partial charge in [0, 0.05) is 0 Å². The highest BCUT2D eigenvalue weighted by molar-refractivity contribution is 6.24. The summed E-state index contributed by atoms with van der Waals surface area (Å²) in [4.78, 5) is 0. The first kappa shape index (κ1) is 20.7. The molecule has 7 aromatic carbocycles. The molecule has 0 radical (unpaired) electrons. The number of fused-ring (bicyclic) bond motifs is 4. The molecule has 0 aliphatic heterocycles. The maximum atomic E-state index is 4.05. The molecule has 0 bridgehead atoms. The molecule has 0 heterocycles. The standard InChI is InChI=1S/C36H24/c1-2-24-21-22-34(29-14-6-5-13-28(24)29)36-32-17-9-7-15-30(32)35(31-16-8-10-18-33(31)36)27-20-19-25-11-3-4-12-26(25)23-27/h2-23H,1H2. The lowest BCUT2D eigenvalue weighted by molar-refractivity contribution is 1.67. The van der Waals surface area contributed by atoms with Gasteiger partial charge in [-0.15, -0.1) is 0 Å². The molecule has 36 heavy (non-hydrogen) atoms. The van der Waals surface area contributed by atoms with E-state index in [0.29, 0.717) is 0 Å². The third-order valence-electron chi connectivity index (χ3n) is 7.42. The number of hydrogen-bond donors (Lipinski definition) is 0. The lowest BCUT2D eigenvalue weighted by Gasteiger charge is -2.19. The molecule has 0 amide bonds. The molecule has 0 nitrogen and oxygen atoms in total. The Hall–Kier alpha value is -4.68. The highest BCUT2D eigenvalue weighted by Crippen LogP contribution is 2.45. The molecule has 7 rings (SSSR count). The Balaban J connectivity index is 1.64. The molecule has 0 aliphatic rings. The molecule has 0 aliphatic carbocycles. The zero-order chi connectivity index (χ0) is 24.1. The van der Waals surface area contributed by atoms with Crippen molar-refractivity contribution in [2.75, 3.05) is 0 Å². The van der Waals surface area contributed by atoms with Crippen LogP contribution >= 0.6 is 0 Å². The van der Waals surface area contributed by atoms with E-state index < -0.39 is 0 Å². The van der Waals surface area contributed by atoms with Crippen molar-refractivity contribution in [3.05, 3.63) is 140 Å². The van der Waals surface area contributed by atoms with E-state index in [9.17, 15) is 0 Å². The van der Waals surface area contributed by atoms with E-state index in [1.807, 2.05) is 6.08 Å².